The second kappa shape index (κ2) is 10.1. The Morgan fingerprint density at radius 2 is 1.82 bits per heavy atom. The summed E-state index contributed by atoms with van der Waals surface area (Å²) in [7, 11) is 0. The van der Waals surface area contributed by atoms with Gasteiger partial charge in [0.25, 0.3) is 5.89 Å². The Labute approximate surface area is 228 Å². The van der Waals surface area contributed by atoms with Crippen molar-refractivity contribution < 1.29 is 32.3 Å². The third-order valence-electron chi connectivity index (χ3n) is 7.71. The molecule has 40 heavy (non-hydrogen) atoms. The molecule has 2 aliphatic carbocycles. The van der Waals surface area contributed by atoms with Gasteiger partial charge in [-0.2, -0.15) is 4.98 Å². The molecule has 6 rings (SSSR count). The van der Waals surface area contributed by atoms with Crippen LogP contribution >= 0.6 is 0 Å². The molecule has 0 spiro atoms. The molecule has 0 amide bonds. The molecule has 4 aromatic rings. The van der Waals surface area contributed by atoms with E-state index in [2.05, 4.69) is 32.3 Å². The molecule has 0 bridgehead atoms. The Morgan fingerprint density at radius 1 is 1.05 bits per heavy atom. The van der Waals surface area contributed by atoms with Gasteiger partial charge in [0.05, 0.1) is 5.92 Å². The molecule has 0 saturated heterocycles. The van der Waals surface area contributed by atoms with Crippen molar-refractivity contribution in [2.24, 2.45) is 5.92 Å². The number of para-hydroxylation sites is 1. The Balaban J connectivity index is 1.18. The van der Waals surface area contributed by atoms with Crippen LogP contribution in [-0.4, -0.2) is 33.6 Å². The third-order valence-corrected chi connectivity index (χ3v) is 7.71. The second-order valence-electron chi connectivity index (χ2n) is 10.4. The van der Waals surface area contributed by atoms with Crippen molar-refractivity contribution in [2.75, 3.05) is 0 Å². The number of benzene rings is 3. The van der Waals surface area contributed by atoms with E-state index in [0.717, 1.165) is 24.0 Å². The third kappa shape index (κ3) is 5.19. The predicted molar refractivity (Wildman–Crippen MR) is 140 cm³/mol. The van der Waals surface area contributed by atoms with Crippen LogP contribution in [0.3, 0.4) is 0 Å². The smallest absolute Gasteiger partial charge is 0.481 e. The fourth-order valence-electron chi connectivity index (χ4n) is 5.63. The number of aliphatic carboxylic acids is 1. The number of carboxylic acids is 1. The number of carboxylic acid groups (broad SMARTS) is 1. The van der Waals surface area contributed by atoms with Crippen LogP contribution in [0.25, 0.3) is 34.0 Å². The molecule has 1 atom stereocenters. The van der Waals surface area contributed by atoms with Crippen molar-refractivity contribution in [1.29, 1.82) is 0 Å². The molecule has 2 aliphatic rings. The van der Waals surface area contributed by atoms with Crippen LogP contribution in [0.2, 0.25) is 0 Å². The summed E-state index contributed by atoms with van der Waals surface area (Å²) in [4.78, 5) is 15.7. The summed E-state index contributed by atoms with van der Waals surface area (Å²) in [6.45, 7) is 1.80. The second-order valence-corrected chi connectivity index (χ2v) is 10.4. The van der Waals surface area contributed by atoms with Crippen molar-refractivity contribution in [2.45, 2.75) is 51.1 Å². The summed E-state index contributed by atoms with van der Waals surface area (Å²) in [5, 5.41) is 16.9. The first-order valence-electron chi connectivity index (χ1n) is 13.1. The van der Waals surface area contributed by atoms with Gasteiger partial charge in [0.2, 0.25) is 5.82 Å². The zero-order valence-corrected chi connectivity index (χ0v) is 21.5. The van der Waals surface area contributed by atoms with Gasteiger partial charge in [-0.3, -0.25) is 4.79 Å². The maximum absolute atomic E-state index is 12.9. The molecule has 7 nitrogen and oxygen atoms in total. The Bertz CT molecular complexity index is 1580. The topological polar surface area (TPSA) is 97.5 Å². The summed E-state index contributed by atoms with van der Waals surface area (Å²) in [6.07, 6.45) is -1.60. The summed E-state index contributed by atoms with van der Waals surface area (Å²) in [5.74, 6) is -0.476. The average molecular weight is 550 g/mol. The van der Waals surface area contributed by atoms with E-state index in [1.54, 1.807) is 37.3 Å². The summed E-state index contributed by atoms with van der Waals surface area (Å²) in [5.41, 5.74) is 5.57. The fraction of sp³-hybridized carbons (Fsp3) is 0.300. The van der Waals surface area contributed by atoms with Crippen molar-refractivity contribution >= 4 is 5.97 Å². The lowest BCUT2D eigenvalue weighted by molar-refractivity contribution is -0.274. The van der Waals surface area contributed by atoms with Crippen LogP contribution < -0.4 is 10.1 Å². The summed E-state index contributed by atoms with van der Waals surface area (Å²) >= 11 is 0. The van der Waals surface area contributed by atoms with Gasteiger partial charge in [0.1, 0.15) is 5.75 Å². The van der Waals surface area contributed by atoms with Crippen LogP contribution in [0.15, 0.2) is 65.2 Å². The molecule has 1 heterocycles. The molecular formula is C30H26F3N3O4. The number of alkyl halides is 3. The lowest BCUT2D eigenvalue weighted by atomic mass is 9.80. The van der Waals surface area contributed by atoms with E-state index in [0.29, 0.717) is 41.2 Å². The predicted octanol–water partition coefficient (Wildman–Crippen LogP) is 6.72. The lowest BCUT2D eigenvalue weighted by Crippen LogP contribution is -2.45. The maximum atomic E-state index is 12.9. The van der Waals surface area contributed by atoms with Crippen molar-refractivity contribution in [3.05, 3.63) is 77.4 Å². The minimum atomic E-state index is -4.79. The van der Waals surface area contributed by atoms with E-state index in [1.807, 2.05) is 6.07 Å². The molecular weight excluding hydrogens is 523 g/mol. The first-order chi connectivity index (χ1) is 19.1. The zero-order valence-electron chi connectivity index (χ0n) is 21.5. The van der Waals surface area contributed by atoms with Crippen LogP contribution in [0, 0.1) is 12.8 Å². The molecule has 3 aromatic carbocycles. The number of carbonyl (C=O) groups is 1. The van der Waals surface area contributed by atoms with Crippen molar-refractivity contribution in [3.8, 4) is 39.7 Å². The lowest BCUT2D eigenvalue weighted by Gasteiger charge is -2.35. The highest BCUT2D eigenvalue weighted by atomic mass is 19.4. The number of hydrogen-bond donors (Lipinski definition) is 2. The van der Waals surface area contributed by atoms with Gasteiger partial charge in [-0.1, -0.05) is 41.6 Å². The van der Waals surface area contributed by atoms with Crippen LogP contribution in [-0.2, 0) is 11.2 Å². The molecule has 1 saturated carbocycles. The highest BCUT2D eigenvalue weighted by Gasteiger charge is 2.37. The minimum Gasteiger partial charge on any atom is -0.481 e. The van der Waals surface area contributed by atoms with E-state index < -0.39 is 12.3 Å². The maximum Gasteiger partial charge on any atom is 0.573 e. The number of aryl methyl sites for hydroxylation is 2. The van der Waals surface area contributed by atoms with Gasteiger partial charge in [0.15, 0.2) is 0 Å². The quantitative estimate of drug-likeness (QED) is 0.264. The van der Waals surface area contributed by atoms with Gasteiger partial charge < -0.3 is 19.7 Å². The van der Waals surface area contributed by atoms with Crippen molar-refractivity contribution in [1.82, 2.24) is 15.5 Å². The number of rotatable bonds is 7. The van der Waals surface area contributed by atoms with Gasteiger partial charge in [0, 0.05) is 28.8 Å². The number of ether oxygens (including phenoxy) is 1. The van der Waals surface area contributed by atoms with Crippen LogP contribution in [0.5, 0.6) is 5.75 Å². The molecule has 0 aliphatic heterocycles. The standard InChI is InChI=1S/C30H26F3N3O4/c1-16-12-19(7-9-22(16)24-4-2-3-5-26(24)39-30(31,32)33)28-35-27(36-40-28)18-6-10-23-17(13-18)8-11-25(23)34-21-14-20(15-21)29(37)38/h2-7,9-10,12-13,20-21,25,34H,8,11,14-15H2,1H3,(H,37,38). The molecule has 1 unspecified atom stereocenters. The Kier molecular flexibility index (Phi) is 6.58. The first kappa shape index (κ1) is 26.1. The zero-order chi connectivity index (χ0) is 28.0. The average Bonchev–Trinajstić information content (AvgIpc) is 3.52. The number of nitrogens with one attached hydrogen (secondary N) is 1. The summed E-state index contributed by atoms with van der Waals surface area (Å²) < 4.78 is 48.4. The van der Waals surface area contributed by atoms with E-state index in [9.17, 15) is 18.0 Å². The first-order valence-corrected chi connectivity index (χ1v) is 13.1. The van der Waals surface area contributed by atoms with Gasteiger partial charge >= 0.3 is 12.3 Å². The minimum absolute atomic E-state index is 0.206. The highest BCUT2D eigenvalue weighted by molar-refractivity contribution is 5.76. The van der Waals surface area contributed by atoms with Gasteiger partial charge in [-0.05, 0) is 79.1 Å². The molecule has 1 fully saturated rings. The Morgan fingerprint density at radius 3 is 2.58 bits per heavy atom. The largest absolute Gasteiger partial charge is 0.573 e. The Hall–Kier alpha value is -4.18. The number of aromatic nitrogens is 2. The fourth-order valence-corrected chi connectivity index (χ4v) is 5.63. The van der Waals surface area contributed by atoms with Crippen LogP contribution in [0.1, 0.15) is 42.0 Å². The van der Waals surface area contributed by atoms with E-state index in [1.165, 1.54) is 23.3 Å². The van der Waals surface area contributed by atoms with E-state index in [-0.39, 0.29) is 23.8 Å². The highest BCUT2D eigenvalue weighted by Crippen LogP contribution is 2.39. The van der Waals surface area contributed by atoms with E-state index in [4.69, 9.17) is 9.63 Å². The summed E-state index contributed by atoms with van der Waals surface area (Å²) in [6, 6.07) is 17.8. The SMILES string of the molecule is Cc1cc(-c2nc(-c3ccc4c(c3)CCC4NC3CC(C(=O)O)C3)no2)ccc1-c1ccccc1OC(F)(F)F. The monoisotopic (exact) mass is 549 g/mol. The number of hydrogen-bond acceptors (Lipinski definition) is 6. The number of nitrogens with zero attached hydrogens (tertiary/aromatic N) is 2. The van der Waals surface area contributed by atoms with Gasteiger partial charge in [-0.15, -0.1) is 13.2 Å². The number of fused-ring (bicyclic) bond motifs is 1. The van der Waals surface area contributed by atoms with E-state index >= 15 is 0 Å². The van der Waals surface area contributed by atoms with Crippen molar-refractivity contribution in [3.63, 3.8) is 0 Å². The van der Waals surface area contributed by atoms with Gasteiger partial charge in [-0.25, -0.2) is 0 Å². The molecule has 206 valence electrons. The molecule has 0 radical (unpaired) electrons. The van der Waals surface area contributed by atoms with Crippen LogP contribution in [0.4, 0.5) is 13.2 Å². The normalized spacial score (nSPS) is 20.1. The molecule has 2 N–H and O–H groups in total. The number of halogens is 3. The molecule has 1 aromatic heterocycles. The molecule has 10 heteroatoms.